The van der Waals surface area contributed by atoms with Crippen LogP contribution in [0.5, 0.6) is 0 Å². The van der Waals surface area contributed by atoms with Gasteiger partial charge in [0.1, 0.15) is 0 Å². The number of carbonyl (C=O) groups excluding carboxylic acids is 1. The van der Waals surface area contributed by atoms with Crippen LogP contribution in [0.3, 0.4) is 0 Å². The summed E-state index contributed by atoms with van der Waals surface area (Å²) in [5, 5.41) is 6.26. The molecule has 0 saturated carbocycles. The molecule has 0 saturated heterocycles. The van der Waals surface area contributed by atoms with Crippen LogP contribution < -0.4 is 10.6 Å². The molecule has 0 aliphatic heterocycles. The van der Waals surface area contributed by atoms with Crippen LogP contribution in [0.15, 0.2) is 12.7 Å². The molecule has 0 bridgehead atoms. The van der Waals surface area contributed by atoms with Crippen LogP contribution in [0.4, 0.5) is 0 Å². The Hall–Kier alpha value is -0.830. The van der Waals surface area contributed by atoms with Crippen molar-refractivity contribution in [1.82, 2.24) is 10.6 Å². The van der Waals surface area contributed by atoms with Gasteiger partial charge in [-0.1, -0.05) is 19.4 Å². The number of nitrogens with one attached hydrogen (secondary N) is 2. The van der Waals surface area contributed by atoms with E-state index in [-0.39, 0.29) is 5.91 Å². The zero-order valence-corrected chi connectivity index (χ0v) is 11.4. The third kappa shape index (κ3) is 11.4. The van der Waals surface area contributed by atoms with E-state index in [1.807, 2.05) is 13.0 Å². The maximum absolute atomic E-state index is 11.4. The predicted molar refractivity (Wildman–Crippen MR) is 74.0 cm³/mol. The largest absolute Gasteiger partial charge is 0.354 e. The standard InChI is InChI=1S/C14H28N2O/c1-4-6-7-8-9-11-15-12-10-14(17)16-13(3)5-2/h4,13,15H,1,5-12H2,2-3H3,(H,16,17). The number of hydrogen-bond acceptors (Lipinski definition) is 2. The van der Waals surface area contributed by atoms with E-state index >= 15 is 0 Å². The fourth-order valence-electron chi connectivity index (χ4n) is 1.49. The molecule has 0 spiro atoms. The molecule has 2 N–H and O–H groups in total. The van der Waals surface area contributed by atoms with Crippen molar-refractivity contribution in [3.63, 3.8) is 0 Å². The van der Waals surface area contributed by atoms with E-state index in [4.69, 9.17) is 0 Å². The van der Waals surface area contributed by atoms with Gasteiger partial charge in [-0.25, -0.2) is 0 Å². The number of hydrogen-bond donors (Lipinski definition) is 2. The lowest BCUT2D eigenvalue weighted by molar-refractivity contribution is -0.121. The SMILES string of the molecule is C=CCCCCCNCCC(=O)NC(C)CC. The molecule has 17 heavy (non-hydrogen) atoms. The monoisotopic (exact) mass is 240 g/mol. The first-order valence-electron chi connectivity index (χ1n) is 6.81. The summed E-state index contributed by atoms with van der Waals surface area (Å²) in [7, 11) is 0. The molecule has 0 fully saturated rings. The van der Waals surface area contributed by atoms with E-state index in [1.54, 1.807) is 0 Å². The molecule has 0 heterocycles. The fraction of sp³-hybridized carbons (Fsp3) is 0.786. The summed E-state index contributed by atoms with van der Waals surface area (Å²) >= 11 is 0. The fourth-order valence-corrected chi connectivity index (χ4v) is 1.49. The van der Waals surface area contributed by atoms with Gasteiger partial charge in [0.05, 0.1) is 0 Å². The number of allylic oxidation sites excluding steroid dienone is 1. The zero-order chi connectivity index (χ0) is 12.9. The minimum atomic E-state index is 0.151. The Morgan fingerprint density at radius 1 is 1.29 bits per heavy atom. The molecule has 3 nitrogen and oxygen atoms in total. The number of unbranched alkanes of at least 4 members (excludes halogenated alkanes) is 3. The number of rotatable bonds is 11. The first-order valence-corrected chi connectivity index (χ1v) is 6.81. The highest BCUT2D eigenvalue weighted by Gasteiger charge is 2.03. The van der Waals surface area contributed by atoms with Crippen LogP contribution in [0.2, 0.25) is 0 Å². The lowest BCUT2D eigenvalue weighted by Crippen LogP contribution is -2.34. The molecule has 0 rings (SSSR count). The Morgan fingerprint density at radius 2 is 2.06 bits per heavy atom. The molecule has 0 aliphatic carbocycles. The minimum absolute atomic E-state index is 0.151. The normalized spacial score (nSPS) is 12.1. The van der Waals surface area contributed by atoms with Gasteiger partial charge in [0.2, 0.25) is 5.91 Å². The Morgan fingerprint density at radius 3 is 2.71 bits per heavy atom. The van der Waals surface area contributed by atoms with Gasteiger partial charge in [0, 0.05) is 19.0 Å². The zero-order valence-electron chi connectivity index (χ0n) is 11.4. The van der Waals surface area contributed by atoms with Gasteiger partial charge in [-0.3, -0.25) is 4.79 Å². The molecule has 100 valence electrons. The van der Waals surface area contributed by atoms with Crippen LogP contribution in [0.1, 0.15) is 52.4 Å². The summed E-state index contributed by atoms with van der Waals surface area (Å²) in [4.78, 5) is 11.4. The number of amides is 1. The van der Waals surface area contributed by atoms with Crippen LogP contribution in [-0.4, -0.2) is 25.0 Å². The predicted octanol–water partition coefficient (Wildman–Crippen LogP) is 2.63. The summed E-state index contributed by atoms with van der Waals surface area (Å²) in [5.74, 6) is 0.151. The highest BCUT2D eigenvalue weighted by molar-refractivity contribution is 5.76. The van der Waals surface area contributed by atoms with E-state index in [1.165, 1.54) is 19.3 Å². The van der Waals surface area contributed by atoms with Crippen molar-refractivity contribution in [2.45, 2.75) is 58.4 Å². The van der Waals surface area contributed by atoms with Gasteiger partial charge in [0.25, 0.3) is 0 Å². The number of carbonyl (C=O) groups is 1. The summed E-state index contributed by atoms with van der Waals surface area (Å²) in [6.07, 6.45) is 8.28. The van der Waals surface area contributed by atoms with Gasteiger partial charge in [-0.05, 0) is 39.2 Å². The van der Waals surface area contributed by atoms with Crippen molar-refractivity contribution in [3.8, 4) is 0 Å². The van der Waals surface area contributed by atoms with Crippen molar-refractivity contribution in [1.29, 1.82) is 0 Å². The van der Waals surface area contributed by atoms with Gasteiger partial charge < -0.3 is 10.6 Å². The average molecular weight is 240 g/mol. The highest BCUT2D eigenvalue weighted by Crippen LogP contribution is 1.98. The highest BCUT2D eigenvalue weighted by atomic mass is 16.1. The maximum Gasteiger partial charge on any atom is 0.221 e. The second-order valence-corrected chi connectivity index (χ2v) is 4.51. The van der Waals surface area contributed by atoms with Crippen LogP contribution in [0.25, 0.3) is 0 Å². The average Bonchev–Trinajstić information content (AvgIpc) is 2.32. The quantitative estimate of drug-likeness (QED) is 0.430. The van der Waals surface area contributed by atoms with E-state index < -0.39 is 0 Å². The maximum atomic E-state index is 11.4. The smallest absolute Gasteiger partial charge is 0.221 e. The molecule has 0 aromatic heterocycles. The molecule has 1 atom stereocenters. The Kier molecular flexibility index (Phi) is 11.1. The van der Waals surface area contributed by atoms with E-state index in [2.05, 4.69) is 24.1 Å². The van der Waals surface area contributed by atoms with Crippen molar-refractivity contribution < 1.29 is 4.79 Å². The van der Waals surface area contributed by atoms with Crippen molar-refractivity contribution in [3.05, 3.63) is 12.7 Å². The van der Waals surface area contributed by atoms with Crippen molar-refractivity contribution >= 4 is 5.91 Å². The minimum Gasteiger partial charge on any atom is -0.354 e. The van der Waals surface area contributed by atoms with E-state index in [0.29, 0.717) is 12.5 Å². The topological polar surface area (TPSA) is 41.1 Å². The molecule has 3 heteroatoms. The Balaban J connectivity index is 3.22. The van der Waals surface area contributed by atoms with Crippen LogP contribution >= 0.6 is 0 Å². The lowest BCUT2D eigenvalue weighted by Gasteiger charge is -2.11. The molecular formula is C14H28N2O. The second-order valence-electron chi connectivity index (χ2n) is 4.51. The van der Waals surface area contributed by atoms with E-state index in [9.17, 15) is 4.79 Å². The van der Waals surface area contributed by atoms with Crippen molar-refractivity contribution in [2.24, 2.45) is 0 Å². The van der Waals surface area contributed by atoms with Gasteiger partial charge in [-0.2, -0.15) is 0 Å². The van der Waals surface area contributed by atoms with Gasteiger partial charge in [0.15, 0.2) is 0 Å². The first kappa shape index (κ1) is 16.2. The molecule has 1 amide bonds. The molecule has 0 radical (unpaired) electrons. The van der Waals surface area contributed by atoms with Crippen LogP contribution in [-0.2, 0) is 4.79 Å². The van der Waals surface area contributed by atoms with E-state index in [0.717, 1.165) is 25.9 Å². The molecular weight excluding hydrogens is 212 g/mol. The van der Waals surface area contributed by atoms with Gasteiger partial charge >= 0.3 is 0 Å². The van der Waals surface area contributed by atoms with Crippen molar-refractivity contribution in [2.75, 3.05) is 13.1 Å². The molecule has 1 unspecified atom stereocenters. The van der Waals surface area contributed by atoms with Gasteiger partial charge in [-0.15, -0.1) is 6.58 Å². The Bertz CT molecular complexity index is 204. The Labute approximate surface area is 106 Å². The molecule has 0 aliphatic rings. The first-order chi connectivity index (χ1) is 8.20. The summed E-state index contributed by atoms with van der Waals surface area (Å²) in [5.41, 5.74) is 0. The second kappa shape index (κ2) is 11.6. The summed E-state index contributed by atoms with van der Waals surface area (Å²) < 4.78 is 0. The summed E-state index contributed by atoms with van der Waals surface area (Å²) in [6.45, 7) is 9.60. The third-order valence-electron chi connectivity index (χ3n) is 2.81. The lowest BCUT2D eigenvalue weighted by atomic mass is 10.2. The molecule has 0 aromatic carbocycles. The molecule has 0 aromatic rings. The summed E-state index contributed by atoms with van der Waals surface area (Å²) in [6, 6.07) is 0.293. The third-order valence-corrected chi connectivity index (χ3v) is 2.81. The van der Waals surface area contributed by atoms with Crippen LogP contribution in [0, 0.1) is 0 Å².